The molecular weight excluding hydrogens is 180 g/mol. The van der Waals surface area contributed by atoms with Gasteiger partial charge in [0.15, 0.2) is 6.61 Å². The predicted octanol–water partition coefficient (Wildman–Crippen LogP) is 0.0499. The van der Waals surface area contributed by atoms with Crippen molar-refractivity contribution in [1.29, 1.82) is 0 Å². The Balaban J connectivity index is 1.76. The molecule has 2 fully saturated rings. The number of nitrogens with one attached hydrogen (secondary N) is 1. The van der Waals surface area contributed by atoms with Crippen LogP contribution in [0.3, 0.4) is 0 Å². The molecule has 76 valence electrons. The summed E-state index contributed by atoms with van der Waals surface area (Å²) in [4.78, 5) is 13.5. The smallest absolute Gasteiger partial charge is 0.408 e. The maximum Gasteiger partial charge on any atom is 0.408 e. The van der Waals surface area contributed by atoms with Crippen LogP contribution in [0.15, 0.2) is 0 Å². The third-order valence-electron chi connectivity index (χ3n) is 2.92. The molecule has 2 aliphatic rings. The Morgan fingerprint density at radius 3 is 3.07 bits per heavy atom. The Bertz CT molecular complexity index is 272. The molecule has 0 aromatic carbocycles. The Kier molecular flexibility index (Phi) is 2.60. The summed E-state index contributed by atoms with van der Waals surface area (Å²) in [5, 5.41) is 2.85. The number of hydrogen-bond acceptors (Lipinski definition) is 3. The van der Waals surface area contributed by atoms with Crippen molar-refractivity contribution in [1.82, 2.24) is 10.2 Å². The van der Waals surface area contributed by atoms with Crippen molar-refractivity contribution in [3.8, 4) is 12.3 Å². The summed E-state index contributed by atoms with van der Waals surface area (Å²) in [6.45, 7) is 3.28. The van der Waals surface area contributed by atoms with E-state index in [4.69, 9.17) is 11.2 Å². The van der Waals surface area contributed by atoms with Crippen LogP contribution in [0.2, 0.25) is 0 Å². The van der Waals surface area contributed by atoms with Crippen LogP contribution in [0.25, 0.3) is 0 Å². The van der Waals surface area contributed by atoms with Crippen molar-refractivity contribution < 1.29 is 9.53 Å². The monoisotopic (exact) mass is 194 g/mol. The van der Waals surface area contributed by atoms with E-state index in [1.807, 2.05) is 0 Å². The molecule has 4 nitrogen and oxygen atoms in total. The van der Waals surface area contributed by atoms with Crippen molar-refractivity contribution in [3.05, 3.63) is 0 Å². The van der Waals surface area contributed by atoms with Crippen LogP contribution < -0.4 is 5.32 Å². The minimum Gasteiger partial charge on any atom is -0.436 e. The van der Waals surface area contributed by atoms with Gasteiger partial charge in [-0.2, -0.15) is 0 Å². The number of nitrogens with zero attached hydrogens (tertiary/aromatic N) is 1. The number of hydrogen-bond donors (Lipinski definition) is 1. The van der Waals surface area contributed by atoms with E-state index in [1.54, 1.807) is 0 Å². The van der Waals surface area contributed by atoms with E-state index in [2.05, 4.69) is 16.1 Å². The van der Waals surface area contributed by atoms with Crippen molar-refractivity contribution >= 4 is 6.09 Å². The fraction of sp³-hybridized carbons (Fsp3) is 0.700. The lowest BCUT2D eigenvalue weighted by atomic mass is 10.0. The van der Waals surface area contributed by atoms with Gasteiger partial charge in [0, 0.05) is 19.1 Å². The highest BCUT2D eigenvalue weighted by Gasteiger charge is 2.38. The zero-order chi connectivity index (χ0) is 9.97. The number of ether oxygens (including phenoxy) is 1. The Hall–Kier alpha value is -1.21. The van der Waals surface area contributed by atoms with E-state index in [0.717, 1.165) is 13.1 Å². The molecule has 14 heavy (non-hydrogen) atoms. The van der Waals surface area contributed by atoms with Crippen molar-refractivity contribution in [2.24, 2.45) is 5.92 Å². The van der Waals surface area contributed by atoms with Gasteiger partial charge < -0.3 is 15.0 Å². The second kappa shape index (κ2) is 3.89. The summed E-state index contributed by atoms with van der Waals surface area (Å²) in [6.07, 6.45) is 5.78. The molecular formula is C10H14N2O2. The van der Waals surface area contributed by atoms with Gasteiger partial charge in [-0.05, 0) is 18.9 Å². The predicted molar refractivity (Wildman–Crippen MR) is 51.7 cm³/mol. The minimum atomic E-state index is -0.387. The minimum absolute atomic E-state index is 0.0485. The topological polar surface area (TPSA) is 41.6 Å². The van der Waals surface area contributed by atoms with Crippen LogP contribution >= 0.6 is 0 Å². The molecule has 2 heterocycles. The zero-order valence-electron chi connectivity index (χ0n) is 8.03. The van der Waals surface area contributed by atoms with Gasteiger partial charge in [-0.3, -0.25) is 0 Å². The number of carbonyl (C=O) groups excluding carboxylic acids is 1. The Morgan fingerprint density at radius 2 is 2.50 bits per heavy atom. The quantitative estimate of drug-likeness (QED) is 0.631. The fourth-order valence-electron chi connectivity index (χ4n) is 2.25. The second-order valence-electron chi connectivity index (χ2n) is 3.84. The number of alkyl carbamates (subject to hydrolysis) is 1. The largest absolute Gasteiger partial charge is 0.436 e. The summed E-state index contributed by atoms with van der Waals surface area (Å²) in [5.41, 5.74) is 0. The van der Waals surface area contributed by atoms with Crippen LogP contribution in [0.1, 0.15) is 6.42 Å². The lowest BCUT2D eigenvalue weighted by Crippen LogP contribution is -2.43. The lowest BCUT2D eigenvalue weighted by molar-refractivity contribution is 0.151. The Labute approximate surface area is 83.6 Å². The number of terminal acetylenes is 1. The summed E-state index contributed by atoms with van der Waals surface area (Å²) in [5.74, 6) is 2.87. The normalized spacial score (nSPS) is 33.8. The number of piperidine rings is 1. The molecule has 0 aliphatic carbocycles. The standard InChI is InChI=1S/C10H14N2O2/c1-2-5-14-10(13)11-9-7-12-4-3-8(9)6-12/h1,8-9H,3-7H2,(H,11,13). The van der Waals surface area contributed by atoms with Crippen molar-refractivity contribution in [2.45, 2.75) is 12.5 Å². The Morgan fingerprint density at radius 1 is 1.64 bits per heavy atom. The molecule has 2 bridgehead atoms. The highest BCUT2D eigenvalue weighted by atomic mass is 16.5. The highest BCUT2D eigenvalue weighted by molar-refractivity contribution is 5.68. The van der Waals surface area contributed by atoms with Crippen LogP contribution in [0.5, 0.6) is 0 Å². The summed E-state index contributed by atoms with van der Waals surface area (Å²) in [7, 11) is 0. The van der Waals surface area contributed by atoms with Gasteiger partial charge in [-0.25, -0.2) is 4.79 Å². The van der Waals surface area contributed by atoms with E-state index in [-0.39, 0.29) is 18.7 Å². The molecule has 3 atom stereocenters. The number of rotatable bonds is 2. The molecule has 2 rings (SSSR count). The third kappa shape index (κ3) is 1.83. The summed E-state index contributed by atoms with van der Waals surface area (Å²) < 4.78 is 4.76. The van der Waals surface area contributed by atoms with Gasteiger partial charge in [0.25, 0.3) is 0 Å². The first-order valence-electron chi connectivity index (χ1n) is 4.88. The van der Waals surface area contributed by atoms with E-state index < -0.39 is 0 Å². The van der Waals surface area contributed by atoms with Crippen molar-refractivity contribution in [2.75, 3.05) is 26.2 Å². The van der Waals surface area contributed by atoms with Crippen LogP contribution in [-0.2, 0) is 4.74 Å². The average molecular weight is 194 g/mol. The molecule has 4 heteroatoms. The van der Waals surface area contributed by atoms with E-state index >= 15 is 0 Å². The maximum absolute atomic E-state index is 11.2. The van der Waals surface area contributed by atoms with Crippen molar-refractivity contribution in [3.63, 3.8) is 0 Å². The van der Waals surface area contributed by atoms with Crippen LogP contribution in [0.4, 0.5) is 4.79 Å². The molecule has 0 radical (unpaired) electrons. The SMILES string of the molecule is C#CCOC(=O)NC1CN2CCC1C2. The maximum atomic E-state index is 11.2. The highest BCUT2D eigenvalue weighted by Crippen LogP contribution is 2.27. The van der Waals surface area contributed by atoms with E-state index in [0.29, 0.717) is 5.92 Å². The van der Waals surface area contributed by atoms with Gasteiger partial charge in [0.2, 0.25) is 0 Å². The second-order valence-corrected chi connectivity index (χ2v) is 3.84. The van der Waals surface area contributed by atoms with Gasteiger partial charge in [0.1, 0.15) is 0 Å². The summed E-state index contributed by atoms with van der Waals surface area (Å²) >= 11 is 0. The van der Waals surface area contributed by atoms with Gasteiger partial charge >= 0.3 is 6.09 Å². The molecule has 1 amide bonds. The van der Waals surface area contributed by atoms with Gasteiger partial charge in [-0.15, -0.1) is 6.42 Å². The number of carbonyl (C=O) groups is 1. The molecule has 2 saturated heterocycles. The molecule has 0 spiro atoms. The third-order valence-corrected chi connectivity index (χ3v) is 2.92. The van der Waals surface area contributed by atoms with Crippen LogP contribution in [-0.4, -0.2) is 43.3 Å². The molecule has 3 unspecified atom stereocenters. The number of fused-ring (bicyclic) bond motifs is 2. The fourth-order valence-corrected chi connectivity index (χ4v) is 2.25. The summed E-state index contributed by atoms with van der Waals surface area (Å²) in [6, 6.07) is 0.258. The lowest BCUT2D eigenvalue weighted by Gasteiger charge is -2.22. The van der Waals surface area contributed by atoms with E-state index in [1.165, 1.54) is 13.0 Å². The molecule has 0 aromatic heterocycles. The first kappa shape index (κ1) is 9.35. The molecule has 1 N–H and O–H groups in total. The van der Waals surface area contributed by atoms with Crippen LogP contribution in [0, 0.1) is 18.3 Å². The number of amides is 1. The van der Waals surface area contributed by atoms with E-state index in [9.17, 15) is 4.79 Å². The zero-order valence-corrected chi connectivity index (χ0v) is 8.03. The molecule has 0 saturated carbocycles. The first-order chi connectivity index (χ1) is 6.79. The molecule has 0 aromatic rings. The van der Waals surface area contributed by atoms with Gasteiger partial charge in [-0.1, -0.05) is 5.92 Å². The van der Waals surface area contributed by atoms with Gasteiger partial charge in [0.05, 0.1) is 0 Å². The average Bonchev–Trinajstić information content (AvgIpc) is 2.76. The molecule has 2 aliphatic heterocycles. The first-order valence-corrected chi connectivity index (χ1v) is 4.88.